The topological polar surface area (TPSA) is 18.5 Å². The molecule has 0 amide bonds. The van der Waals surface area contributed by atoms with Crippen molar-refractivity contribution in [1.29, 1.82) is 0 Å². The average molecular weight is 307 g/mol. The molecule has 2 fully saturated rings. The maximum absolute atomic E-state index is 3.50. The number of rotatable bonds is 4. The van der Waals surface area contributed by atoms with E-state index >= 15 is 0 Å². The number of piperazine rings is 1. The van der Waals surface area contributed by atoms with Gasteiger partial charge in [0.05, 0.1) is 5.54 Å². The lowest BCUT2D eigenvalue weighted by molar-refractivity contribution is -0.0442. The van der Waals surface area contributed by atoms with E-state index in [4.69, 9.17) is 0 Å². The highest BCUT2D eigenvalue weighted by Crippen LogP contribution is 2.28. The Labute approximate surface area is 138 Å². The first-order valence-electron chi connectivity index (χ1n) is 8.60. The molecule has 1 N–H and O–H groups in total. The van der Waals surface area contributed by atoms with Crippen LogP contribution in [0.3, 0.4) is 0 Å². The van der Waals surface area contributed by atoms with E-state index < -0.39 is 0 Å². The molecule has 2 aromatic carbocycles. The van der Waals surface area contributed by atoms with Gasteiger partial charge >= 0.3 is 0 Å². The predicted molar refractivity (Wildman–Crippen MR) is 94.2 cm³/mol. The van der Waals surface area contributed by atoms with Gasteiger partial charge in [-0.1, -0.05) is 60.7 Å². The van der Waals surface area contributed by atoms with Crippen LogP contribution >= 0.6 is 0 Å². The van der Waals surface area contributed by atoms with Crippen LogP contribution in [0.25, 0.3) is 0 Å². The van der Waals surface area contributed by atoms with Gasteiger partial charge in [-0.2, -0.15) is 0 Å². The highest BCUT2D eigenvalue weighted by molar-refractivity contribution is 5.18. The molecule has 3 heteroatoms. The number of benzene rings is 2. The maximum atomic E-state index is 3.50. The Morgan fingerprint density at radius 2 is 1.39 bits per heavy atom. The van der Waals surface area contributed by atoms with E-state index in [2.05, 4.69) is 75.8 Å². The third kappa shape index (κ3) is 3.18. The number of hydrogen-bond donors (Lipinski definition) is 1. The van der Waals surface area contributed by atoms with E-state index in [1.807, 2.05) is 0 Å². The van der Waals surface area contributed by atoms with Gasteiger partial charge in [0.15, 0.2) is 0 Å². The summed E-state index contributed by atoms with van der Waals surface area (Å²) in [7, 11) is 0. The minimum absolute atomic E-state index is 0.322. The van der Waals surface area contributed by atoms with Crippen LogP contribution in [0.5, 0.6) is 0 Å². The zero-order valence-electron chi connectivity index (χ0n) is 13.6. The van der Waals surface area contributed by atoms with Crippen LogP contribution in [0.2, 0.25) is 0 Å². The number of nitrogens with one attached hydrogen (secondary N) is 1. The van der Waals surface area contributed by atoms with E-state index in [9.17, 15) is 0 Å². The van der Waals surface area contributed by atoms with Gasteiger partial charge < -0.3 is 5.32 Å². The van der Waals surface area contributed by atoms with E-state index in [0.29, 0.717) is 5.54 Å². The van der Waals surface area contributed by atoms with E-state index in [1.54, 1.807) is 0 Å². The Hall–Kier alpha value is -1.68. The molecule has 0 aromatic heterocycles. The van der Waals surface area contributed by atoms with Crippen LogP contribution < -0.4 is 5.32 Å². The van der Waals surface area contributed by atoms with Crippen LogP contribution in [0.1, 0.15) is 11.1 Å². The largest absolute Gasteiger partial charge is 0.313 e. The third-order valence-corrected chi connectivity index (χ3v) is 5.25. The van der Waals surface area contributed by atoms with Crippen LogP contribution in [0.15, 0.2) is 60.7 Å². The van der Waals surface area contributed by atoms with E-state index in [-0.39, 0.29) is 0 Å². The summed E-state index contributed by atoms with van der Waals surface area (Å²) >= 11 is 0. The number of hydrogen-bond acceptors (Lipinski definition) is 3. The molecule has 4 rings (SSSR count). The zero-order valence-corrected chi connectivity index (χ0v) is 13.6. The van der Waals surface area contributed by atoms with Crippen molar-refractivity contribution in [2.75, 3.05) is 32.7 Å². The highest BCUT2D eigenvalue weighted by Gasteiger charge is 2.46. The van der Waals surface area contributed by atoms with Gasteiger partial charge in [-0.15, -0.1) is 0 Å². The molecule has 0 saturated carbocycles. The Morgan fingerprint density at radius 3 is 1.96 bits per heavy atom. The first-order valence-corrected chi connectivity index (χ1v) is 8.60. The summed E-state index contributed by atoms with van der Waals surface area (Å²) in [4.78, 5) is 5.32. The van der Waals surface area contributed by atoms with Crippen LogP contribution in [-0.2, 0) is 13.1 Å². The zero-order chi connectivity index (χ0) is 15.5. The maximum Gasteiger partial charge on any atom is 0.0589 e. The Balaban J connectivity index is 1.44. The van der Waals surface area contributed by atoms with Gasteiger partial charge in [0.2, 0.25) is 0 Å². The molecule has 0 aliphatic carbocycles. The lowest BCUT2D eigenvalue weighted by Crippen LogP contribution is -2.75. The van der Waals surface area contributed by atoms with E-state index in [1.165, 1.54) is 17.7 Å². The smallest absolute Gasteiger partial charge is 0.0589 e. The van der Waals surface area contributed by atoms with Gasteiger partial charge in [-0.3, -0.25) is 9.80 Å². The summed E-state index contributed by atoms with van der Waals surface area (Å²) in [5.41, 5.74) is 3.17. The first kappa shape index (κ1) is 14.9. The van der Waals surface area contributed by atoms with Crippen molar-refractivity contribution in [3.05, 3.63) is 71.8 Å². The normalized spacial score (nSPS) is 21.2. The molecule has 2 heterocycles. The summed E-state index contributed by atoms with van der Waals surface area (Å²) in [6.45, 7) is 7.86. The minimum Gasteiger partial charge on any atom is -0.313 e. The molecule has 120 valence electrons. The van der Waals surface area contributed by atoms with Gasteiger partial charge in [-0.05, 0) is 11.1 Å². The second-order valence-electron chi connectivity index (χ2n) is 6.93. The first-order chi connectivity index (χ1) is 11.3. The van der Waals surface area contributed by atoms with Crippen LogP contribution in [0.4, 0.5) is 0 Å². The monoisotopic (exact) mass is 307 g/mol. The van der Waals surface area contributed by atoms with Crippen molar-refractivity contribution in [3.63, 3.8) is 0 Å². The van der Waals surface area contributed by atoms with Gasteiger partial charge in [0.25, 0.3) is 0 Å². The summed E-state index contributed by atoms with van der Waals surface area (Å²) in [5, 5.41) is 3.50. The van der Waals surface area contributed by atoms with E-state index in [0.717, 1.165) is 39.3 Å². The summed E-state index contributed by atoms with van der Waals surface area (Å²) in [6.07, 6.45) is 0. The van der Waals surface area contributed by atoms with Crippen molar-refractivity contribution < 1.29 is 0 Å². The highest BCUT2D eigenvalue weighted by atomic mass is 15.4. The lowest BCUT2D eigenvalue weighted by atomic mass is 9.86. The van der Waals surface area contributed by atoms with Crippen LogP contribution in [0, 0.1) is 0 Å². The SMILES string of the molecule is c1ccc(CN2CCN(Cc3ccccc3)C3(CNC3)C2)cc1. The molecule has 2 aliphatic rings. The fraction of sp³-hybridized carbons (Fsp3) is 0.400. The van der Waals surface area contributed by atoms with Crippen molar-refractivity contribution in [1.82, 2.24) is 15.1 Å². The van der Waals surface area contributed by atoms with Crippen molar-refractivity contribution in [2.24, 2.45) is 0 Å². The van der Waals surface area contributed by atoms with Crippen molar-refractivity contribution in [2.45, 2.75) is 18.6 Å². The predicted octanol–water partition coefficient (Wildman–Crippen LogP) is 2.35. The summed E-state index contributed by atoms with van der Waals surface area (Å²) in [6, 6.07) is 21.7. The lowest BCUT2D eigenvalue weighted by Gasteiger charge is -2.56. The molecule has 0 unspecified atom stereocenters. The molecule has 3 nitrogen and oxygen atoms in total. The quantitative estimate of drug-likeness (QED) is 0.935. The molecule has 0 bridgehead atoms. The molecule has 0 atom stereocenters. The van der Waals surface area contributed by atoms with Crippen molar-refractivity contribution >= 4 is 0 Å². The average Bonchev–Trinajstić information content (AvgIpc) is 2.57. The molecule has 1 spiro atoms. The second kappa shape index (κ2) is 6.44. The summed E-state index contributed by atoms with van der Waals surface area (Å²) in [5.74, 6) is 0. The van der Waals surface area contributed by atoms with Gasteiger partial charge in [-0.25, -0.2) is 0 Å². The summed E-state index contributed by atoms with van der Waals surface area (Å²) < 4.78 is 0. The molecule has 23 heavy (non-hydrogen) atoms. The third-order valence-electron chi connectivity index (χ3n) is 5.25. The molecule has 0 radical (unpaired) electrons. The molecular formula is C20H25N3. The van der Waals surface area contributed by atoms with Crippen molar-refractivity contribution in [3.8, 4) is 0 Å². The minimum atomic E-state index is 0.322. The molecule has 2 saturated heterocycles. The Kier molecular flexibility index (Phi) is 4.17. The number of nitrogens with zero attached hydrogens (tertiary/aromatic N) is 2. The Morgan fingerprint density at radius 1 is 0.783 bits per heavy atom. The standard InChI is InChI=1S/C20H25N3/c1-3-7-18(8-4-1)13-22-11-12-23(20(17-22)15-21-16-20)14-19-9-5-2-6-10-19/h1-10,21H,11-17H2. The van der Waals surface area contributed by atoms with Crippen LogP contribution in [-0.4, -0.2) is 48.1 Å². The fourth-order valence-corrected chi connectivity index (χ4v) is 3.87. The second-order valence-corrected chi connectivity index (χ2v) is 6.93. The molecular weight excluding hydrogens is 282 g/mol. The molecule has 2 aromatic rings. The van der Waals surface area contributed by atoms with Gasteiger partial charge in [0, 0.05) is 45.8 Å². The Bertz CT molecular complexity index is 622. The van der Waals surface area contributed by atoms with Gasteiger partial charge in [0.1, 0.15) is 0 Å². The molecule has 2 aliphatic heterocycles. The fourth-order valence-electron chi connectivity index (χ4n) is 3.87.